The summed E-state index contributed by atoms with van der Waals surface area (Å²) in [6.45, 7) is 1.45. The van der Waals surface area contributed by atoms with Gasteiger partial charge in [0, 0.05) is 11.3 Å². The van der Waals surface area contributed by atoms with Crippen molar-refractivity contribution in [3.05, 3.63) is 47.3 Å². The molecule has 116 valence electrons. The van der Waals surface area contributed by atoms with Gasteiger partial charge in [-0.3, -0.25) is 0 Å². The second kappa shape index (κ2) is 6.42. The van der Waals surface area contributed by atoms with E-state index in [0.717, 1.165) is 6.07 Å². The molecule has 8 heteroatoms. The summed E-state index contributed by atoms with van der Waals surface area (Å²) >= 11 is 0. The summed E-state index contributed by atoms with van der Waals surface area (Å²) in [4.78, 5) is 7.24. The summed E-state index contributed by atoms with van der Waals surface area (Å²) < 4.78 is 43.1. The Labute approximate surface area is 124 Å². The molecule has 1 aromatic carbocycles. The van der Waals surface area contributed by atoms with Crippen molar-refractivity contribution in [1.82, 2.24) is 9.97 Å². The van der Waals surface area contributed by atoms with E-state index in [1.807, 2.05) is 0 Å². The zero-order valence-corrected chi connectivity index (χ0v) is 11.8. The molecule has 0 spiro atoms. The van der Waals surface area contributed by atoms with Crippen LogP contribution in [0.25, 0.3) is 0 Å². The number of alkyl halides is 3. The van der Waals surface area contributed by atoms with Crippen molar-refractivity contribution in [2.45, 2.75) is 13.1 Å². The lowest BCUT2D eigenvalue weighted by atomic mass is 10.2. The summed E-state index contributed by atoms with van der Waals surface area (Å²) in [6.07, 6.45) is -3.12. The third-order valence-corrected chi connectivity index (χ3v) is 2.65. The summed E-state index contributed by atoms with van der Waals surface area (Å²) in [7, 11) is 1.51. The molecular formula is C14H13F3N4O. The molecule has 0 aliphatic heterocycles. The Kier molecular flexibility index (Phi) is 4.59. The number of aromatic nitrogens is 2. The summed E-state index contributed by atoms with van der Waals surface area (Å²) in [5, 5.41) is 3.84. The van der Waals surface area contributed by atoms with Gasteiger partial charge in [0.05, 0.1) is 13.3 Å². The van der Waals surface area contributed by atoms with Gasteiger partial charge in [0.15, 0.2) is 0 Å². The average molecular weight is 310 g/mol. The van der Waals surface area contributed by atoms with E-state index in [-0.39, 0.29) is 11.6 Å². The molecule has 0 aliphatic rings. The van der Waals surface area contributed by atoms with Crippen LogP contribution in [0, 0.1) is 6.92 Å². The van der Waals surface area contributed by atoms with Gasteiger partial charge in [-0.25, -0.2) is 15.4 Å². The predicted octanol–water partition coefficient (Wildman–Crippen LogP) is 3.26. The lowest BCUT2D eigenvalue weighted by Crippen LogP contribution is -2.11. The lowest BCUT2D eigenvalue weighted by Gasteiger charge is -2.08. The first kappa shape index (κ1) is 15.7. The first-order valence-electron chi connectivity index (χ1n) is 6.25. The summed E-state index contributed by atoms with van der Waals surface area (Å²) in [5.74, 6) is 0.368. The van der Waals surface area contributed by atoms with Crippen LogP contribution >= 0.6 is 0 Å². The van der Waals surface area contributed by atoms with Crippen LogP contribution in [0.3, 0.4) is 0 Å². The van der Waals surface area contributed by atoms with Gasteiger partial charge in [0.2, 0.25) is 5.95 Å². The molecule has 2 rings (SSSR count). The Morgan fingerprint density at radius 2 is 1.95 bits per heavy atom. The number of halogens is 3. The number of anilines is 1. The zero-order chi connectivity index (χ0) is 16.2. The minimum atomic E-state index is -4.53. The Morgan fingerprint density at radius 3 is 2.64 bits per heavy atom. The van der Waals surface area contributed by atoms with Crippen molar-refractivity contribution in [2.75, 3.05) is 12.5 Å². The van der Waals surface area contributed by atoms with Crippen molar-refractivity contribution in [3.8, 4) is 5.75 Å². The molecule has 1 aromatic heterocycles. The van der Waals surface area contributed by atoms with Crippen LogP contribution in [0.5, 0.6) is 5.75 Å². The maximum atomic E-state index is 12.7. The van der Waals surface area contributed by atoms with E-state index in [4.69, 9.17) is 4.74 Å². The number of ether oxygens (including phenoxy) is 1. The van der Waals surface area contributed by atoms with Crippen molar-refractivity contribution in [2.24, 2.45) is 5.10 Å². The summed E-state index contributed by atoms with van der Waals surface area (Å²) in [5.41, 5.74) is 2.23. The number of para-hydroxylation sites is 1. The molecule has 0 bridgehead atoms. The van der Waals surface area contributed by atoms with Gasteiger partial charge in [-0.1, -0.05) is 12.1 Å². The van der Waals surface area contributed by atoms with Crippen LogP contribution < -0.4 is 10.2 Å². The molecule has 1 heterocycles. The Hall–Kier alpha value is -2.64. The Bertz CT molecular complexity index is 686. The van der Waals surface area contributed by atoms with E-state index >= 15 is 0 Å². The van der Waals surface area contributed by atoms with Gasteiger partial charge >= 0.3 is 6.18 Å². The van der Waals surface area contributed by atoms with Gasteiger partial charge in [0.1, 0.15) is 11.4 Å². The van der Waals surface area contributed by atoms with Gasteiger partial charge in [-0.2, -0.15) is 18.3 Å². The first-order chi connectivity index (χ1) is 10.4. The second-order valence-electron chi connectivity index (χ2n) is 4.33. The number of hydrogen-bond acceptors (Lipinski definition) is 5. The molecule has 0 atom stereocenters. The van der Waals surface area contributed by atoms with E-state index in [1.165, 1.54) is 20.2 Å². The molecule has 0 aliphatic carbocycles. The maximum Gasteiger partial charge on any atom is 0.433 e. The van der Waals surface area contributed by atoms with E-state index in [9.17, 15) is 13.2 Å². The second-order valence-corrected chi connectivity index (χ2v) is 4.33. The number of hydrogen-bond donors (Lipinski definition) is 1. The smallest absolute Gasteiger partial charge is 0.433 e. The molecule has 0 amide bonds. The molecule has 0 saturated heterocycles. The third-order valence-electron chi connectivity index (χ3n) is 2.65. The molecule has 2 aromatic rings. The van der Waals surface area contributed by atoms with E-state index in [1.54, 1.807) is 24.3 Å². The lowest BCUT2D eigenvalue weighted by molar-refractivity contribution is -0.141. The predicted molar refractivity (Wildman–Crippen MR) is 76.0 cm³/mol. The first-order valence-corrected chi connectivity index (χ1v) is 6.25. The highest BCUT2D eigenvalue weighted by Gasteiger charge is 2.33. The monoisotopic (exact) mass is 310 g/mol. The molecule has 0 unspecified atom stereocenters. The zero-order valence-electron chi connectivity index (χ0n) is 11.8. The minimum Gasteiger partial charge on any atom is -0.496 e. The molecular weight excluding hydrogens is 297 g/mol. The largest absolute Gasteiger partial charge is 0.496 e. The SMILES string of the molecule is COc1ccccc1/C=N/Nc1nc(C)cc(C(F)(F)F)n1. The number of rotatable bonds is 4. The van der Waals surface area contributed by atoms with Crippen LogP contribution in [-0.2, 0) is 6.18 Å². The number of nitrogens with zero attached hydrogens (tertiary/aromatic N) is 3. The van der Waals surface area contributed by atoms with Gasteiger partial charge in [-0.15, -0.1) is 0 Å². The molecule has 5 nitrogen and oxygen atoms in total. The van der Waals surface area contributed by atoms with E-state index in [2.05, 4.69) is 20.5 Å². The number of methoxy groups -OCH3 is 1. The molecule has 0 radical (unpaired) electrons. The van der Waals surface area contributed by atoms with Crippen LogP contribution in [0.15, 0.2) is 35.4 Å². The number of aryl methyl sites for hydroxylation is 1. The highest BCUT2D eigenvalue weighted by Crippen LogP contribution is 2.28. The van der Waals surface area contributed by atoms with E-state index < -0.39 is 11.9 Å². The molecule has 0 fully saturated rings. The van der Waals surface area contributed by atoms with Crippen LogP contribution in [0.4, 0.5) is 19.1 Å². The highest BCUT2D eigenvalue weighted by molar-refractivity contribution is 5.83. The van der Waals surface area contributed by atoms with Gasteiger partial charge in [-0.05, 0) is 25.1 Å². The van der Waals surface area contributed by atoms with Crippen LogP contribution in [0.1, 0.15) is 17.0 Å². The number of nitrogens with one attached hydrogen (secondary N) is 1. The Balaban J connectivity index is 2.18. The van der Waals surface area contributed by atoms with Gasteiger partial charge < -0.3 is 4.74 Å². The fourth-order valence-corrected chi connectivity index (χ4v) is 1.70. The maximum absolute atomic E-state index is 12.7. The third kappa shape index (κ3) is 3.94. The number of hydrazone groups is 1. The topological polar surface area (TPSA) is 59.4 Å². The normalized spacial score (nSPS) is 11.7. The molecule has 0 saturated carbocycles. The summed E-state index contributed by atoms with van der Waals surface area (Å²) in [6, 6.07) is 7.95. The van der Waals surface area contributed by atoms with Crippen LogP contribution in [0.2, 0.25) is 0 Å². The quantitative estimate of drug-likeness (QED) is 0.695. The standard InChI is InChI=1S/C14H13F3N4O/c1-9-7-12(14(15,16)17)20-13(19-9)21-18-8-10-5-3-4-6-11(10)22-2/h3-8H,1-2H3,(H,19,20,21)/b18-8+. The fraction of sp³-hybridized carbons (Fsp3) is 0.214. The minimum absolute atomic E-state index is 0.192. The molecule has 22 heavy (non-hydrogen) atoms. The average Bonchev–Trinajstić information content (AvgIpc) is 2.46. The van der Waals surface area contributed by atoms with Crippen molar-refractivity contribution in [3.63, 3.8) is 0 Å². The Morgan fingerprint density at radius 1 is 1.23 bits per heavy atom. The van der Waals surface area contributed by atoms with Crippen molar-refractivity contribution >= 4 is 12.2 Å². The van der Waals surface area contributed by atoms with Gasteiger partial charge in [0.25, 0.3) is 0 Å². The highest BCUT2D eigenvalue weighted by atomic mass is 19.4. The number of benzene rings is 1. The van der Waals surface area contributed by atoms with Crippen molar-refractivity contribution in [1.29, 1.82) is 0 Å². The van der Waals surface area contributed by atoms with Crippen LogP contribution in [-0.4, -0.2) is 23.3 Å². The fourth-order valence-electron chi connectivity index (χ4n) is 1.70. The van der Waals surface area contributed by atoms with E-state index in [0.29, 0.717) is 11.3 Å². The molecule has 1 N–H and O–H groups in total. The van der Waals surface area contributed by atoms with Crippen molar-refractivity contribution < 1.29 is 17.9 Å².